The maximum atomic E-state index is 11.7. The Morgan fingerprint density at radius 1 is 1.62 bits per heavy atom. The van der Waals surface area contributed by atoms with Gasteiger partial charge >= 0.3 is 5.97 Å². The van der Waals surface area contributed by atoms with Crippen molar-refractivity contribution in [3.63, 3.8) is 0 Å². The first-order valence-corrected chi connectivity index (χ1v) is 6.72. The monoisotopic (exact) mass is 334 g/mol. The van der Waals surface area contributed by atoms with Gasteiger partial charge in [-0.05, 0) is 42.4 Å². The van der Waals surface area contributed by atoms with Crippen LogP contribution in [0.25, 0.3) is 0 Å². The maximum Gasteiger partial charge on any atom is 0.356 e. The fourth-order valence-corrected chi connectivity index (χ4v) is 2.68. The van der Waals surface area contributed by atoms with Crippen molar-refractivity contribution in [1.82, 2.24) is 9.78 Å². The standard InChI is InChI=1S/C11H15IN2O2/c1-2-16-11(15)9-7-10(12)13-14(9)8-5-3-4-6-8/h7-8H,2-6H2,1H3. The summed E-state index contributed by atoms with van der Waals surface area (Å²) in [4.78, 5) is 11.7. The molecule has 2 rings (SSSR count). The van der Waals surface area contributed by atoms with E-state index in [1.807, 2.05) is 11.6 Å². The van der Waals surface area contributed by atoms with Crippen molar-refractivity contribution in [2.45, 2.75) is 38.6 Å². The molecule has 0 spiro atoms. The normalized spacial score (nSPS) is 16.6. The highest BCUT2D eigenvalue weighted by molar-refractivity contribution is 14.1. The molecule has 1 aromatic rings. The topological polar surface area (TPSA) is 44.1 Å². The highest BCUT2D eigenvalue weighted by Gasteiger charge is 2.24. The van der Waals surface area contributed by atoms with Crippen molar-refractivity contribution in [2.75, 3.05) is 6.61 Å². The van der Waals surface area contributed by atoms with E-state index in [0.29, 0.717) is 18.3 Å². The van der Waals surface area contributed by atoms with E-state index >= 15 is 0 Å². The van der Waals surface area contributed by atoms with E-state index in [0.717, 1.165) is 16.5 Å². The molecule has 0 saturated heterocycles. The second-order valence-corrected chi connectivity index (χ2v) is 5.06. The second-order valence-electron chi connectivity index (χ2n) is 3.96. The summed E-state index contributed by atoms with van der Waals surface area (Å²) in [5.74, 6) is -0.259. The van der Waals surface area contributed by atoms with Crippen LogP contribution in [0.3, 0.4) is 0 Å². The fraction of sp³-hybridized carbons (Fsp3) is 0.636. The van der Waals surface area contributed by atoms with Gasteiger partial charge in [-0.1, -0.05) is 12.8 Å². The Balaban J connectivity index is 2.25. The van der Waals surface area contributed by atoms with E-state index < -0.39 is 0 Å². The molecule has 1 fully saturated rings. The summed E-state index contributed by atoms with van der Waals surface area (Å²) in [6.07, 6.45) is 4.68. The van der Waals surface area contributed by atoms with Crippen LogP contribution in [-0.2, 0) is 4.74 Å². The van der Waals surface area contributed by atoms with E-state index in [4.69, 9.17) is 4.74 Å². The van der Waals surface area contributed by atoms with Crippen molar-refractivity contribution in [3.8, 4) is 0 Å². The highest BCUT2D eigenvalue weighted by atomic mass is 127. The van der Waals surface area contributed by atoms with Crippen LogP contribution in [0.5, 0.6) is 0 Å². The predicted octanol–water partition coefficient (Wildman–Crippen LogP) is 2.78. The van der Waals surface area contributed by atoms with E-state index in [1.165, 1.54) is 12.8 Å². The minimum Gasteiger partial charge on any atom is -0.461 e. The van der Waals surface area contributed by atoms with Gasteiger partial charge in [0.1, 0.15) is 9.39 Å². The minimum absolute atomic E-state index is 0.259. The summed E-state index contributed by atoms with van der Waals surface area (Å²) in [5.41, 5.74) is 0.596. The number of aromatic nitrogens is 2. The van der Waals surface area contributed by atoms with Gasteiger partial charge in [0, 0.05) is 6.07 Å². The quantitative estimate of drug-likeness (QED) is 0.631. The molecule has 1 aliphatic rings. The first-order chi connectivity index (χ1) is 7.72. The largest absolute Gasteiger partial charge is 0.461 e. The summed E-state index contributed by atoms with van der Waals surface area (Å²) in [6, 6.07) is 2.18. The Hall–Kier alpha value is -0.590. The van der Waals surface area contributed by atoms with Gasteiger partial charge in [-0.15, -0.1) is 0 Å². The molecule has 0 aliphatic heterocycles. The Morgan fingerprint density at radius 3 is 2.94 bits per heavy atom. The number of hydrogen-bond acceptors (Lipinski definition) is 3. The van der Waals surface area contributed by atoms with Crippen LogP contribution in [0.2, 0.25) is 0 Å². The number of halogens is 1. The Kier molecular flexibility index (Phi) is 3.83. The second kappa shape index (κ2) is 5.16. The van der Waals surface area contributed by atoms with Gasteiger partial charge in [-0.25, -0.2) is 4.79 Å². The third-order valence-electron chi connectivity index (χ3n) is 2.86. The Labute approximate surface area is 108 Å². The zero-order valence-electron chi connectivity index (χ0n) is 9.28. The number of nitrogens with zero attached hydrogens (tertiary/aromatic N) is 2. The Bertz CT molecular complexity index is 383. The molecule has 0 amide bonds. The molecule has 0 unspecified atom stereocenters. The van der Waals surface area contributed by atoms with Crippen LogP contribution in [0.15, 0.2) is 6.07 Å². The van der Waals surface area contributed by atoms with E-state index in [9.17, 15) is 4.79 Å². The molecule has 1 aromatic heterocycles. The van der Waals surface area contributed by atoms with Crippen molar-refractivity contribution >= 4 is 28.6 Å². The van der Waals surface area contributed by atoms with Crippen molar-refractivity contribution in [3.05, 3.63) is 15.5 Å². The number of hydrogen-bond donors (Lipinski definition) is 0. The lowest BCUT2D eigenvalue weighted by Crippen LogP contribution is -2.16. The van der Waals surface area contributed by atoms with Crippen LogP contribution in [0.1, 0.15) is 49.1 Å². The molecule has 1 heterocycles. The van der Waals surface area contributed by atoms with Gasteiger partial charge in [-0.3, -0.25) is 4.68 Å². The maximum absolute atomic E-state index is 11.7. The van der Waals surface area contributed by atoms with Gasteiger partial charge in [0.25, 0.3) is 0 Å². The van der Waals surface area contributed by atoms with Crippen LogP contribution in [0.4, 0.5) is 0 Å². The average molecular weight is 334 g/mol. The zero-order chi connectivity index (χ0) is 11.5. The molecule has 0 N–H and O–H groups in total. The third kappa shape index (κ3) is 2.39. The van der Waals surface area contributed by atoms with Crippen molar-refractivity contribution in [2.24, 2.45) is 0 Å². The average Bonchev–Trinajstić information content (AvgIpc) is 2.85. The summed E-state index contributed by atoms with van der Waals surface area (Å²) >= 11 is 2.13. The molecular formula is C11H15IN2O2. The van der Waals surface area contributed by atoms with E-state index in [1.54, 1.807) is 6.07 Å². The SMILES string of the molecule is CCOC(=O)c1cc(I)nn1C1CCCC1. The molecular weight excluding hydrogens is 319 g/mol. The molecule has 88 valence electrons. The van der Waals surface area contributed by atoms with Gasteiger partial charge in [0.2, 0.25) is 0 Å². The molecule has 1 saturated carbocycles. The number of carbonyl (C=O) groups is 1. The highest BCUT2D eigenvalue weighted by Crippen LogP contribution is 2.30. The zero-order valence-corrected chi connectivity index (χ0v) is 11.4. The molecule has 1 aliphatic carbocycles. The molecule has 0 bridgehead atoms. The Morgan fingerprint density at radius 2 is 2.31 bits per heavy atom. The molecule has 0 atom stereocenters. The minimum atomic E-state index is -0.259. The van der Waals surface area contributed by atoms with Crippen LogP contribution < -0.4 is 0 Å². The fourth-order valence-electron chi connectivity index (χ4n) is 2.15. The van der Waals surface area contributed by atoms with E-state index in [2.05, 4.69) is 27.7 Å². The summed E-state index contributed by atoms with van der Waals surface area (Å²) in [6.45, 7) is 2.23. The number of esters is 1. The predicted molar refractivity (Wildman–Crippen MR) is 68.4 cm³/mol. The lowest BCUT2D eigenvalue weighted by atomic mass is 10.2. The third-order valence-corrected chi connectivity index (χ3v) is 3.39. The molecule has 5 heteroatoms. The lowest BCUT2D eigenvalue weighted by molar-refractivity contribution is 0.0509. The lowest BCUT2D eigenvalue weighted by Gasteiger charge is -2.12. The van der Waals surface area contributed by atoms with Gasteiger partial charge in [0.05, 0.1) is 12.6 Å². The summed E-state index contributed by atoms with van der Waals surface area (Å²) in [7, 11) is 0. The number of rotatable bonds is 3. The number of carbonyl (C=O) groups excluding carboxylic acids is 1. The van der Waals surface area contributed by atoms with Crippen LogP contribution in [-0.4, -0.2) is 22.4 Å². The van der Waals surface area contributed by atoms with Crippen molar-refractivity contribution in [1.29, 1.82) is 0 Å². The summed E-state index contributed by atoms with van der Waals surface area (Å²) < 4.78 is 7.75. The van der Waals surface area contributed by atoms with E-state index in [-0.39, 0.29) is 5.97 Å². The molecule has 16 heavy (non-hydrogen) atoms. The summed E-state index contributed by atoms with van der Waals surface area (Å²) in [5, 5.41) is 4.40. The number of ether oxygens (including phenoxy) is 1. The molecule has 0 aromatic carbocycles. The van der Waals surface area contributed by atoms with Gasteiger partial charge in [-0.2, -0.15) is 5.10 Å². The van der Waals surface area contributed by atoms with Crippen molar-refractivity contribution < 1.29 is 9.53 Å². The van der Waals surface area contributed by atoms with Gasteiger partial charge < -0.3 is 4.74 Å². The van der Waals surface area contributed by atoms with Gasteiger partial charge in [0.15, 0.2) is 0 Å². The van der Waals surface area contributed by atoms with Crippen LogP contribution in [0, 0.1) is 3.70 Å². The smallest absolute Gasteiger partial charge is 0.356 e. The molecule has 4 nitrogen and oxygen atoms in total. The molecule has 0 radical (unpaired) electrons. The first kappa shape index (κ1) is 11.9. The first-order valence-electron chi connectivity index (χ1n) is 5.64. The van der Waals surface area contributed by atoms with Crippen LogP contribution >= 0.6 is 22.6 Å².